The van der Waals surface area contributed by atoms with Crippen molar-refractivity contribution < 1.29 is 22.1 Å². The smallest absolute Gasteiger partial charge is 0.377 e. The Labute approximate surface area is 120 Å². The third kappa shape index (κ3) is 5.28. The van der Waals surface area contributed by atoms with Crippen LogP contribution in [0.2, 0.25) is 0 Å². The van der Waals surface area contributed by atoms with Gasteiger partial charge in [0, 0.05) is 31.4 Å². The van der Waals surface area contributed by atoms with E-state index >= 15 is 0 Å². The molecule has 0 atom stereocenters. The molecule has 0 saturated heterocycles. The van der Waals surface area contributed by atoms with Crippen LogP contribution in [0.3, 0.4) is 0 Å². The van der Waals surface area contributed by atoms with E-state index in [9.17, 15) is 8.78 Å². The normalized spacial score (nSPS) is 12.4. The van der Waals surface area contributed by atoms with Gasteiger partial charge in [0.1, 0.15) is 11.6 Å². The molecule has 0 aliphatic heterocycles. The van der Waals surface area contributed by atoms with E-state index in [0.717, 1.165) is 6.07 Å². The molecule has 0 aliphatic carbocycles. The lowest BCUT2D eigenvalue weighted by Crippen LogP contribution is -2.50. The molecule has 0 bridgehead atoms. The van der Waals surface area contributed by atoms with Crippen LogP contribution in [-0.4, -0.2) is 28.1 Å². The van der Waals surface area contributed by atoms with Crippen LogP contribution in [-0.2, 0) is 19.3 Å². The standard InChI is InChI=1S/C14H22F2O3Si/c1-10(2)18-20(17-5,19-11(3)4)9-12-6-13(15)8-14(16)7-12/h6-8,10-11H,9H2,1-5H3. The molecule has 20 heavy (non-hydrogen) atoms. The van der Waals surface area contributed by atoms with E-state index in [2.05, 4.69) is 0 Å². The van der Waals surface area contributed by atoms with Crippen LogP contribution in [0.15, 0.2) is 18.2 Å². The molecule has 0 amide bonds. The quantitative estimate of drug-likeness (QED) is 0.722. The van der Waals surface area contributed by atoms with Crippen molar-refractivity contribution in [3.05, 3.63) is 35.4 Å². The zero-order chi connectivity index (χ0) is 15.3. The fraction of sp³-hybridized carbons (Fsp3) is 0.571. The Hall–Kier alpha value is -0.823. The molecule has 114 valence electrons. The summed E-state index contributed by atoms with van der Waals surface area (Å²) in [7, 11) is -1.51. The molecule has 1 aromatic carbocycles. The van der Waals surface area contributed by atoms with Crippen molar-refractivity contribution in [1.29, 1.82) is 0 Å². The van der Waals surface area contributed by atoms with Crippen LogP contribution in [0.5, 0.6) is 0 Å². The lowest BCUT2D eigenvalue weighted by Gasteiger charge is -2.31. The highest BCUT2D eigenvalue weighted by Gasteiger charge is 2.42. The summed E-state index contributed by atoms with van der Waals surface area (Å²) in [5.41, 5.74) is 0.470. The van der Waals surface area contributed by atoms with E-state index in [-0.39, 0.29) is 18.3 Å². The molecule has 0 unspecified atom stereocenters. The number of benzene rings is 1. The summed E-state index contributed by atoms with van der Waals surface area (Å²) in [4.78, 5) is 0. The minimum Gasteiger partial charge on any atom is -0.377 e. The maximum Gasteiger partial charge on any atom is 0.505 e. The minimum absolute atomic E-state index is 0.0984. The second-order valence-corrected chi connectivity index (χ2v) is 7.77. The highest BCUT2D eigenvalue weighted by Crippen LogP contribution is 2.21. The van der Waals surface area contributed by atoms with Gasteiger partial charge in [0.15, 0.2) is 0 Å². The maximum atomic E-state index is 13.3. The molecular formula is C14H22F2O3Si. The Morgan fingerprint density at radius 2 is 1.40 bits per heavy atom. The van der Waals surface area contributed by atoms with Crippen molar-refractivity contribution in [3.8, 4) is 0 Å². The Balaban J connectivity index is 3.03. The van der Waals surface area contributed by atoms with E-state index in [0.29, 0.717) is 5.56 Å². The molecule has 0 heterocycles. The van der Waals surface area contributed by atoms with E-state index in [1.807, 2.05) is 27.7 Å². The first-order chi connectivity index (χ1) is 9.26. The van der Waals surface area contributed by atoms with Crippen molar-refractivity contribution in [3.63, 3.8) is 0 Å². The van der Waals surface area contributed by atoms with Crippen molar-refractivity contribution in [2.24, 2.45) is 0 Å². The largest absolute Gasteiger partial charge is 0.505 e. The minimum atomic E-state index is -3.02. The monoisotopic (exact) mass is 304 g/mol. The predicted molar refractivity (Wildman–Crippen MR) is 75.3 cm³/mol. The van der Waals surface area contributed by atoms with E-state index in [1.54, 1.807) is 0 Å². The third-order valence-corrected chi connectivity index (χ3v) is 5.61. The van der Waals surface area contributed by atoms with Gasteiger partial charge in [-0.1, -0.05) is 0 Å². The second-order valence-electron chi connectivity index (χ2n) is 5.17. The van der Waals surface area contributed by atoms with Crippen molar-refractivity contribution >= 4 is 8.80 Å². The Morgan fingerprint density at radius 1 is 0.950 bits per heavy atom. The Bertz CT molecular complexity index is 408. The van der Waals surface area contributed by atoms with Crippen LogP contribution in [0.1, 0.15) is 33.3 Å². The Kier molecular flexibility index (Phi) is 6.26. The lowest BCUT2D eigenvalue weighted by atomic mass is 10.2. The summed E-state index contributed by atoms with van der Waals surface area (Å²) in [6, 6.07) is 3.62. The van der Waals surface area contributed by atoms with Gasteiger partial charge in [-0.2, -0.15) is 0 Å². The second kappa shape index (κ2) is 7.26. The summed E-state index contributed by atoms with van der Waals surface area (Å²) in [5, 5.41) is 0. The van der Waals surface area contributed by atoms with Gasteiger partial charge in [0.2, 0.25) is 0 Å². The van der Waals surface area contributed by atoms with Gasteiger partial charge in [0.05, 0.1) is 0 Å². The van der Waals surface area contributed by atoms with Gasteiger partial charge in [-0.05, 0) is 45.4 Å². The van der Waals surface area contributed by atoms with Crippen LogP contribution in [0, 0.1) is 11.6 Å². The van der Waals surface area contributed by atoms with E-state index < -0.39 is 20.4 Å². The van der Waals surface area contributed by atoms with Gasteiger partial charge in [-0.25, -0.2) is 8.78 Å². The summed E-state index contributed by atoms with van der Waals surface area (Å²) in [5.74, 6) is -1.24. The predicted octanol–water partition coefficient (Wildman–Crippen LogP) is 3.48. The first kappa shape index (κ1) is 17.2. The summed E-state index contributed by atoms with van der Waals surface area (Å²) < 4.78 is 43.7. The third-order valence-electron chi connectivity index (χ3n) is 2.48. The highest BCUT2D eigenvalue weighted by atomic mass is 28.4. The summed E-state index contributed by atoms with van der Waals surface area (Å²) in [6.45, 7) is 7.49. The summed E-state index contributed by atoms with van der Waals surface area (Å²) in [6.07, 6.45) is -0.197. The molecule has 0 aromatic heterocycles. The molecule has 6 heteroatoms. The van der Waals surface area contributed by atoms with Crippen LogP contribution in [0.25, 0.3) is 0 Å². The van der Waals surface area contributed by atoms with Crippen molar-refractivity contribution in [2.45, 2.75) is 45.9 Å². The summed E-state index contributed by atoms with van der Waals surface area (Å²) >= 11 is 0. The zero-order valence-corrected chi connectivity index (χ0v) is 13.6. The zero-order valence-electron chi connectivity index (χ0n) is 12.6. The average molecular weight is 304 g/mol. The molecule has 0 fully saturated rings. The molecule has 0 spiro atoms. The van der Waals surface area contributed by atoms with Gasteiger partial charge in [-0.15, -0.1) is 0 Å². The Morgan fingerprint density at radius 3 is 1.75 bits per heavy atom. The fourth-order valence-corrected chi connectivity index (χ4v) is 4.66. The van der Waals surface area contributed by atoms with Crippen molar-refractivity contribution in [2.75, 3.05) is 7.11 Å². The molecule has 1 aromatic rings. The van der Waals surface area contributed by atoms with E-state index in [1.165, 1.54) is 19.2 Å². The van der Waals surface area contributed by atoms with Crippen LogP contribution < -0.4 is 0 Å². The SMILES string of the molecule is CO[Si](Cc1cc(F)cc(F)c1)(OC(C)C)OC(C)C. The number of hydrogen-bond donors (Lipinski definition) is 0. The molecular weight excluding hydrogens is 282 g/mol. The number of hydrogen-bond acceptors (Lipinski definition) is 3. The van der Waals surface area contributed by atoms with Gasteiger partial charge < -0.3 is 13.3 Å². The molecule has 1 rings (SSSR count). The molecule has 0 N–H and O–H groups in total. The first-order valence-corrected chi connectivity index (χ1v) is 8.55. The van der Waals surface area contributed by atoms with Crippen LogP contribution in [0.4, 0.5) is 8.78 Å². The topological polar surface area (TPSA) is 27.7 Å². The highest BCUT2D eigenvalue weighted by molar-refractivity contribution is 6.60. The molecule has 0 radical (unpaired) electrons. The maximum absolute atomic E-state index is 13.3. The average Bonchev–Trinajstić information content (AvgIpc) is 2.25. The van der Waals surface area contributed by atoms with Gasteiger partial charge in [0.25, 0.3) is 0 Å². The molecule has 0 saturated carbocycles. The van der Waals surface area contributed by atoms with Gasteiger partial charge in [-0.3, -0.25) is 0 Å². The first-order valence-electron chi connectivity index (χ1n) is 6.62. The van der Waals surface area contributed by atoms with Crippen LogP contribution >= 0.6 is 0 Å². The number of rotatable bonds is 7. The van der Waals surface area contributed by atoms with Gasteiger partial charge >= 0.3 is 8.80 Å². The number of halogens is 2. The lowest BCUT2D eigenvalue weighted by molar-refractivity contribution is 0.0319. The fourth-order valence-electron chi connectivity index (χ4n) is 1.96. The van der Waals surface area contributed by atoms with Crippen molar-refractivity contribution in [1.82, 2.24) is 0 Å². The molecule has 0 aliphatic rings. The molecule has 3 nitrogen and oxygen atoms in total. The van der Waals surface area contributed by atoms with E-state index in [4.69, 9.17) is 13.3 Å².